The number of hydrogen-bond donors (Lipinski definition) is 1. The van der Waals surface area contributed by atoms with Crippen LogP contribution in [-0.4, -0.2) is 19.7 Å². The van der Waals surface area contributed by atoms with Gasteiger partial charge in [-0.3, -0.25) is 0 Å². The molecule has 4 heterocycles. The van der Waals surface area contributed by atoms with Gasteiger partial charge in [-0.1, -0.05) is 249 Å². The summed E-state index contributed by atoms with van der Waals surface area (Å²) in [7, 11) is 0. The van der Waals surface area contributed by atoms with Crippen molar-refractivity contribution < 1.29 is 0 Å². The molecule has 0 fully saturated rings. The van der Waals surface area contributed by atoms with Gasteiger partial charge in [0.25, 0.3) is 0 Å². The van der Waals surface area contributed by atoms with Crippen molar-refractivity contribution in [2.75, 3.05) is 4.90 Å². The van der Waals surface area contributed by atoms with Gasteiger partial charge in [0.15, 0.2) is 0 Å². The first kappa shape index (κ1) is 54.1. The fourth-order valence-electron chi connectivity index (χ4n) is 15.3. The second-order valence-electron chi connectivity index (χ2n) is 24.9. The number of benzene rings is 12. The van der Waals surface area contributed by atoms with Crippen molar-refractivity contribution in [2.45, 2.75) is 24.8 Å². The molecule has 0 amide bonds. The van der Waals surface area contributed by atoms with E-state index in [0.29, 0.717) is 12.8 Å². The third-order valence-electron chi connectivity index (χ3n) is 19.6. The van der Waals surface area contributed by atoms with E-state index in [0.717, 1.165) is 95.0 Å². The quantitative estimate of drug-likeness (QED) is 0.140. The van der Waals surface area contributed by atoms with Gasteiger partial charge in [0.05, 0.1) is 39.1 Å². The molecule has 12 aromatic carbocycles. The average Bonchev–Trinajstić information content (AvgIpc) is 1.63. The number of hydrogen-bond acceptors (Lipinski definition) is 2. The van der Waals surface area contributed by atoms with Crippen LogP contribution in [-0.2, 0) is 6.42 Å². The van der Waals surface area contributed by atoms with Crippen molar-refractivity contribution in [2.24, 2.45) is 5.73 Å². The highest BCUT2D eigenvalue weighted by Gasteiger charge is 2.37. The minimum Gasteiger partial charge on any atom is -0.401 e. The largest absolute Gasteiger partial charge is 0.401 e. The Kier molecular flexibility index (Phi) is 12.9. The Hall–Kier alpha value is -11.9. The number of rotatable bonds is 11. The predicted molar refractivity (Wildman–Crippen MR) is 391 cm³/mol. The van der Waals surface area contributed by atoms with E-state index in [4.69, 9.17) is 5.73 Å². The summed E-state index contributed by atoms with van der Waals surface area (Å²) in [5.74, 6) is 0.255. The third-order valence-corrected chi connectivity index (χ3v) is 19.6. The molecule has 18 rings (SSSR count). The summed E-state index contributed by atoms with van der Waals surface area (Å²) in [6, 6.07) is 105. The Labute approximate surface area is 540 Å². The van der Waals surface area contributed by atoms with Crippen LogP contribution in [0.15, 0.2) is 345 Å². The summed E-state index contributed by atoms with van der Waals surface area (Å²) in [6.07, 6.45) is 19.7. The molecule has 2 atom stereocenters. The lowest BCUT2D eigenvalue weighted by atomic mass is 9.90. The number of nitrogens with zero attached hydrogens (tertiary/aromatic N) is 4. The molecule has 0 bridgehead atoms. The standard InChI is InChI=1S/C88H63N5/c89-80-35-21-26-63(65-53-68(92-85-40-16-8-31-75(85)76-32-9-17-41-86(76)92)57-69(54-65)93-87-42-18-10-33-77(87)78-34-11-19-43-88(78)93)55-79(80)70(61-47-45-60(46-48-61)59-23-2-1-3-24-59)49-44-58-22-20-25-62(50-58)64-51-66(90-81-36-12-4-27-71(81)72-28-5-13-37-82(72)90)56-67(52-64)91-83-38-14-6-29-73(83)74-30-7-15-39-84(74)91/h1-34,36-43,45-57,71,81H,35,44,89H2/b70-49-. The molecule has 1 aliphatic heterocycles. The molecule has 2 unspecified atom stereocenters. The molecular weight excluding hydrogens is 1130 g/mol. The first-order chi connectivity index (χ1) is 46.0. The van der Waals surface area contributed by atoms with Crippen LogP contribution < -0.4 is 10.6 Å². The molecule has 0 spiro atoms. The van der Waals surface area contributed by atoms with Crippen molar-refractivity contribution in [3.05, 3.63) is 367 Å². The van der Waals surface area contributed by atoms with E-state index in [1.54, 1.807) is 0 Å². The summed E-state index contributed by atoms with van der Waals surface area (Å²) in [5.41, 5.74) is 33.6. The molecule has 93 heavy (non-hydrogen) atoms. The van der Waals surface area contributed by atoms with Crippen molar-refractivity contribution >= 4 is 87.9 Å². The molecule has 5 heteroatoms. The van der Waals surface area contributed by atoms with Crippen LogP contribution in [0.5, 0.6) is 0 Å². The molecule has 0 radical (unpaired) electrons. The topological polar surface area (TPSA) is 44.0 Å². The Morgan fingerprint density at radius 1 is 0.398 bits per heavy atom. The normalized spacial score (nSPS) is 15.5. The number of fused-ring (bicyclic) bond motifs is 12. The van der Waals surface area contributed by atoms with Gasteiger partial charge in [0.1, 0.15) is 0 Å². The van der Waals surface area contributed by atoms with Gasteiger partial charge in [-0.2, -0.15) is 0 Å². The highest BCUT2D eigenvalue weighted by atomic mass is 15.2. The van der Waals surface area contributed by atoms with Gasteiger partial charge in [0, 0.05) is 84.4 Å². The number of allylic oxidation sites excluding steroid dienone is 9. The van der Waals surface area contributed by atoms with Crippen LogP contribution in [0, 0.1) is 0 Å². The lowest BCUT2D eigenvalue weighted by molar-refractivity contribution is 0.744. The van der Waals surface area contributed by atoms with Crippen LogP contribution in [0.25, 0.3) is 116 Å². The van der Waals surface area contributed by atoms with Gasteiger partial charge >= 0.3 is 0 Å². The summed E-state index contributed by atoms with van der Waals surface area (Å²) >= 11 is 0. The molecule has 2 N–H and O–H groups in total. The van der Waals surface area contributed by atoms with Crippen LogP contribution in [0.4, 0.5) is 11.4 Å². The van der Waals surface area contributed by atoms with Gasteiger partial charge in [-0.15, -0.1) is 0 Å². The van der Waals surface area contributed by atoms with E-state index in [9.17, 15) is 0 Å². The van der Waals surface area contributed by atoms with E-state index in [-0.39, 0.29) is 12.0 Å². The summed E-state index contributed by atoms with van der Waals surface area (Å²) < 4.78 is 7.35. The van der Waals surface area contributed by atoms with Gasteiger partial charge in [-0.25, -0.2) is 0 Å². The molecule has 0 saturated carbocycles. The SMILES string of the molecule is NC1=C(/C(=C\Cc2cccc(-c3cc(N4c5ccccc5C5C=CC=CC54)cc(-n4c5ccccc5c5ccccc54)c3)c2)c2ccc(-c3ccccc3)cc2)C=C(c2cc(-n3c4ccccc4c4ccccc43)cc(-n3c4ccccc4c4ccccc43)c2)C=CC1. The average molecular weight is 1190 g/mol. The molecule has 3 aromatic heterocycles. The molecular formula is C88H63N5. The lowest BCUT2D eigenvalue weighted by Gasteiger charge is -2.30. The van der Waals surface area contributed by atoms with Gasteiger partial charge in [-0.05, 0) is 147 Å². The zero-order chi connectivity index (χ0) is 61.5. The molecule has 5 nitrogen and oxygen atoms in total. The van der Waals surface area contributed by atoms with Crippen LogP contribution in [0.3, 0.4) is 0 Å². The Morgan fingerprint density at radius 3 is 1.43 bits per heavy atom. The van der Waals surface area contributed by atoms with Crippen molar-refractivity contribution in [1.82, 2.24) is 13.7 Å². The number of anilines is 2. The van der Waals surface area contributed by atoms with Gasteiger partial charge in [0.2, 0.25) is 0 Å². The van der Waals surface area contributed by atoms with E-state index < -0.39 is 0 Å². The van der Waals surface area contributed by atoms with E-state index in [1.165, 1.54) is 65.7 Å². The minimum absolute atomic E-state index is 0.145. The number of nitrogens with two attached hydrogens (primary N) is 1. The molecule has 2 aliphatic carbocycles. The fourth-order valence-corrected chi connectivity index (χ4v) is 15.3. The molecule has 0 saturated heterocycles. The zero-order valence-electron chi connectivity index (χ0n) is 51.2. The fraction of sp³-hybridized carbons (Fsp3) is 0.0455. The lowest BCUT2D eigenvalue weighted by Crippen LogP contribution is -2.28. The van der Waals surface area contributed by atoms with Crippen molar-refractivity contribution in [3.63, 3.8) is 0 Å². The van der Waals surface area contributed by atoms with Crippen LogP contribution >= 0.6 is 0 Å². The highest BCUT2D eigenvalue weighted by Crippen LogP contribution is 2.49. The maximum absolute atomic E-state index is 7.49. The maximum Gasteiger partial charge on any atom is 0.0629 e. The third kappa shape index (κ3) is 9.14. The first-order valence-electron chi connectivity index (χ1n) is 32.4. The van der Waals surface area contributed by atoms with E-state index >= 15 is 0 Å². The van der Waals surface area contributed by atoms with E-state index in [2.05, 4.69) is 352 Å². The first-order valence-corrected chi connectivity index (χ1v) is 32.4. The zero-order valence-corrected chi connectivity index (χ0v) is 51.2. The summed E-state index contributed by atoms with van der Waals surface area (Å²) in [4.78, 5) is 2.57. The highest BCUT2D eigenvalue weighted by molar-refractivity contribution is 6.12. The van der Waals surface area contributed by atoms with Crippen LogP contribution in [0.1, 0.15) is 34.6 Å². The van der Waals surface area contributed by atoms with Crippen LogP contribution in [0.2, 0.25) is 0 Å². The van der Waals surface area contributed by atoms with Gasteiger partial charge < -0.3 is 24.3 Å². The number of aromatic nitrogens is 3. The Bertz CT molecular complexity index is 5420. The maximum atomic E-state index is 7.49. The Morgan fingerprint density at radius 2 is 0.860 bits per heavy atom. The number of para-hydroxylation sites is 7. The monoisotopic (exact) mass is 1190 g/mol. The smallest absolute Gasteiger partial charge is 0.0629 e. The molecule has 3 aliphatic rings. The van der Waals surface area contributed by atoms with Crippen molar-refractivity contribution in [1.29, 1.82) is 0 Å². The molecule has 15 aromatic rings. The summed E-state index contributed by atoms with van der Waals surface area (Å²) in [5, 5.41) is 7.37. The molecule has 440 valence electrons. The Balaban J connectivity index is 0.795. The second-order valence-corrected chi connectivity index (χ2v) is 24.9. The van der Waals surface area contributed by atoms with Crippen molar-refractivity contribution in [3.8, 4) is 39.3 Å². The minimum atomic E-state index is 0.145. The van der Waals surface area contributed by atoms with E-state index in [1.807, 2.05) is 0 Å². The second kappa shape index (κ2) is 22.2. The predicted octanol–water partition coefficient (Wildman–Crippen LogP) is 21.9. The summed E-state index contributed by atoms with van der Waals surface area (Å²) in [6.45, 7) is 0.